The van der Waals surface area contributed by atoms with Crippen molar-refractivity contribution in [2.75, 3.05) is 0 Å². The van der Waals surface area contributed by atoms with Gasteiger partial charge in [0.15, 0.2) is 5.78 Å². The summed E-state index contributed by atoms with van der Waals surface area (Å²) in [6, 6.07) is 16.7. The molecule has 0 unspecified atom stereocenters. The molecule has 5 rings (SSSR count). The zero-order valence-electron chi connectivity index (χ0n) is 20.9. The molecule has 1 N–H and O–H groups in total. The van der Waals surface area contributed by atoms with Crippen molar-refractivity contribution in [2.45, 2.75) is 52.1 Å². The van der Waals surface area contributed by atoms with Crippen LogP contribution in [0.15, 0.2) is 65.6 Å². The number of carbonyl (C=O) groups is 2. The van der Waals surface area contributed by atoms with Gasteiger partial charge in [-0.25, -0.2) is 4.79 Å². The van der Waals surface area contributed by atoms with E-state index in [4.69, 9.17) is 11.6 Å². The molecule has 7 nitrogen and oxygen atoms in total. The summed E-state index contributed by atoms with van der Waals surface area (Å²) < 4.78 is 3.57. The first kappa shape index (κ1) is 25.0. The van der Waals surface area contributed by atoms with E-state index < -0.39 is 0 Å². The molecule has 1 saturated carbocycles. The van der Waals surface area contributed by atoms with Crippen LogP contribution < -0.4 is 11.0 Å². The van der Waals surface area contributed by atoms with Crippen molar-refractivity contribution in [3.8, 4) is 5.69 Å². The van der Waals surface area contributed by atoms with Gasteiger partial charge in [-0.1, -0.05) is 23.7 Å². The van der Waals surface area contributed by atoms with Crippen LogP contribution in [-0.2, 0) is 6.54 Å². The van der Waals surface area contributed by atoms with Gasteiger partial charge in [-0.2, -0.15) is 0 Å². The lowest BCUT2D eigenvalue weighted by atomic mass is 9.85. The van der Waals surface area contributed by atoms with Gasteiger partial charge in [0.2, 0.25) is 0 Å². The number of carbonyl (C=O) groups excluding carboxylic acids is 2. The molecule has 1 amide bonds. The van der Waals surface area contributed by atoms with E-state index in [1.54, 1.807) is 35.9 Å². The number of fused-ring (bicyclic) bond motifs is 1. The van der Waals surface area contributed by atoms with Crippen molar-refractivity contribution in [2.24, 2.45) is 5.92 Å². The number of aromatic nitrogens is 3. The summed E-state index contributed by atoms with van der Waals surface area (Å²) in [5.74, 6) is 0.179. The number of pyridine rings is 1. The SMILES string of the molecule is CC(=O)c1ccc(-n2c(=O)n(C[C@H]3CC[C@H](NC(=O)c4cc(Cl)cnc4C)CC3)c3ccccc32)cc1. The predicted octanol–water partition coefficient (Wildman–Crippen LogP) is 5.34. The molecule has 37 heavy (non-hydrogen) atoms. The summed E-state index contributed by atoms with van der Waals surface area (Å²) in [6.45, 7) is 3.95. The van der Waals surface area contributed by atoms with Crippen molar-refractivity contribution in [1.82, 2.24) is 19.4 Å². The van der Waals surface area contributed by atoms with E-state index in [0.717, 1.165) is 42.4 Å². The van der Waals surface area contributed by atoms with Crippen LogP contribution >= 0.6 is 11.6 Å². The fraction of sp³-hybridized carbons (Fsp3) is 0.310. The molecule has 0 spiro atoms. The lowest BCUT2D eigenvalue weighted by molar-refractivity contribution is 0.0918. The van der Waals surface area contributed by atoms with Crippen LogP contribution in [0.3, 0.4) is 0 Å². The smallest absolute Gasteiger partial charge is 0.333 e. The first-order chi connectivity index (χ1) is 17.8. The summed E-state index contributed by atoms with van der Waals surface area (Å²) in [7, 11) is 0. The Morgan fingerprint density at radius 1 is 1.03 bits per heavy atom. The molecule has 8 heteroatoms. The van der Waals surface area contributed by atoms with Crippen molar-refractivity contribution in [3.05, 3.63) is 93.1 Å². The van der Waals surface area contributed by atoms with Crippen LogP contribution in [-0.4, -0.2) is 31.9 Å². The van der Waals surface area contributed by atoms with E-state index >= 15 is 0 Å². The molecule has 190 valence electrons. The van der Waals surface area contributed by atoms with E-state index in [0.29, 0.717) is 34.3 Å². The zero-order valence-corrected chi connectivity index (χ0v) is 21.7. The summed E-state index contributed by atoms with van der Waals surface area (Å²) in [4.78, 5) is 42.2. The third kappa shape index (κ3) is 5.09. The quantitative estimate of drug-likeness (QED) is 0.350. The molecular weight excluding hydrogens is 488 g/mol. The molecule has 2 heterocycles. The maximum absolute atomic E-state index is 13.6. The highest BCUT2D eigenvalue weighted by molar-refractivity contribution is 6.30. The van der Waals surface area contributed by atoms with Crippen LogP contribution in [0.4, 0.5) is 0 Å². The van der Waals surface area contributed by atoms with Gasteiger partial charge >= 0.3 is 5.69 Å². The summed E-state index contributed by atoms with van der Waals surface area (Å²) in [6.07, 6.45) is 5.07. The van der Waals surface area contributed by atoms with Crippen LogP contribution in [0.2, 0.25) is 5.02 Å². The summed E-state index contributed by atoms with van der Waals surface area (Å²) in [5, 5.41) is 3.58. The van der Waals surface area contributed by atoms with Crippen molar-refractivity contribution >= 4 is 34.3 Å². The third-order valence-corrected chi connectivity index (χ3v) is 7.50. The van der Waals surface area contributed by atoms with Gasteiger partial charge in [-0.05, 0) is 87.9 Å². The largest absolute Gasteiger partial charge is 0.349 e. The molecule has 4 aromatic rings. The lowest BCUT2D eigenvalue weighted by Crippen LogP contribution is -2.39. The Hall–Kier alpha value is -3.71. The predicted molar refractivity (Wildman–Crippen MR) is 145 cm³/mol. The first-order valence-corrected chi connectivity index (χ1v) is 12.9. The van der Waals surface area contributed by atoms with Crippen molar-refractivity contribution in [3.63, 3.8) is 0 Å². The van der Waals surface area contributed by atoms with Crippen LogP contribution in [0, 0.1) is 12.8 Å². The fourth-order valence-corrected chi connectivity index (χ4v) is 5.39. The molecule has 1 aliphatic carbocycles. The molecular formula is C29H29ClN4O3. The molecule has 2 aromatic heterocycles. The van der Waals surface area contributed by atoms with Crippen LogP contribution in [0.5, 0.6) is 0 Å². The highest BCUT2D eigenvalue weighted by Gasteiger charge is 2.25. The van der Waals surface area contributed by atoms with E-state index in [1.165, 1.54) is 6.92 Å². The fourth-order valence-electron chi connectivity index (χ4n) is 5.23. The van der Waals surface area contributed by atoms with E-state index in [9.17, 15) is 14.4 Å². The minimum atomic E-state index is -0.147. The van der Waals surface area contributed by atoms with E-state index in [-0.39, 0.29) is 23.4 Å². The number of rotatable bonds is 6. The van der Waals surface area contributed by atoms with Crippen LogP contribution in [0.1, 0.15) is 59.0 Å². The summed E-state index contributed by atoms with van der Waals surface area (Å²) in [5.41, 5.74) is 4.16. The summed E-state index contributed by atoms with van der Waals surface area (Å²) >= 11 is 6.03. The third-order valence-electron chi connectivity index (χ3n) is 7.29. The van der Waals surface area contributed by atoms with Gasteiger partial charge in [-0.3, -0.25) is 23.7 Å². The van der Waals surface area contributed by atoms with Gasteiger partial charge in [0.1, 0.15) is 0 Å². The number of ketones is 1. The number of nitrogens with zero attached hydrogens (tertiary/aromatic N) is 3. The number of imidazole rings is 1. The minimum Gasteiger partial charge on any atom is -0.349 e. The molecule has 2 aromatic carbocycles. The molecule has 1 fully saturated rings. The molecule has 0 saturated heterocycles. The van der Waals surface area contributed by atoms with Gasteiger partial charge in [0.05, 0.1) is 33.0 Å². The highest BCUT2D eigenvalue weighted by Crippen LogP contribution is 2.28. The van der Waals surface area contributed by atoms with E-state index in [2.05, 4.69) is 10.3 Å². The number of hydrogen-bond donors (Lipinski definition) is 1. The number of benzene rings is 2. The Bertz CT molecular complexity index is 1530. The Morgan fingerprint density at radius 3 is 2.38 bits per heavy atom. The zero-order chi connectivity index (χ0) is 26.1. The maximum Gasteiger partial charge on any atom is 0.333 e. The number of Topliss-reactive ketones (excluding diaryl/α,β-unsaturated/α-hetero) is 1. The van der Waals surface area contributed by atoms with Crippen molar-refractivity contribution < 1.29 is 9.59 Å². The molecule has 0 radical (unpaired) electrons. The van der Waals surface area contributed by atoms with Gasteiger partial charge in [0.25, 0.3) is 5.91 Å². The van der Waals surface area contributed by atoms with Crippen molar-refractivity contribution in [1.29, 1.82) is 0 Å². The highest BCUT2D eigenvalue weighted by atomic mass is 35.5. The Morgan fingerprint density at radius 2 is 1.70 bits per heavy atom. The number of para-hydroxylation sites is 2. The normalized spacial score (nSPS) is 17.6. The monoisotopic (exact) mass is 516 g/mol. The number of amides is 1. The first-order valence-electron chi connectivity index (χ1n) is 12.6. The number of nitrogens with one attached hydrogen (secondary N) is 1. The van der Waals surface area contributed by atoms with Gasteiger partial charge < -0.3 is 5.32 Å². The average Bonchev–Trinajstić information content (AvgIpc) is 3.17. The Kier molecular flexibility index (Phi) is 6.98. The molecule has 1 aliphatic rings. The second kappa shape index (κ2) is 10.3. The van der Waals surface area contributed by atoms with E-state index in [1.807, 2.05) is 41.0 Å². The number of hydrogen-bond acceptors (Lipinski definition) is 4. The topological polar surface area (TPSA) is 86.0 Å². The average molecular weight is 517 g/mol. The Labute approximate surface area is 220 Å². The number of halogens is 1. The van der Waals surface area contributed by atoms with Gasteiger partial charge in [-0.15, -0.1) is 0 Å². The Balaban J connectivity index is 1.31. The molecule has 0 aliphatic heterocycles. The number of aryl methyl sites for hydroxylation is 1. The van der Waals surface area contributed by atoms with Gasteiger partial charge in [0, 0.05) is 24.3 Å². The minimum absolute atomic E-state index is 0.00696. The molecule has 0 bridgehead atoms. The standard InChI is InChI=1S/C29H29ClN4O3/c1-18-25(15-22(30)16-31-18)28(36)32-23-11-7-20(8-12-23)17-33-26-5-3-4-6-27(26)34(29(33)37)24-13-9-21(10-14-24)19(2)35/h3-6,9-10,13-16,20,23H,7-8,11-12,17H2,1-2H3,(H,32,36)/t20-,23-. The second-order valence-electron chi connectivity index (χ2n) is 9.80. The molecule has 0 atom stereocenters. The maximum atomic E-state index is 13.6. The lowest BCUT2D eigenvalue weighted by Gasteiger charge is -2.29. The van der Waals surface area contributed by atoms with Crippen LogP contribution in [0.25, 0.3) is 16.7 Å². The second-order valence-corrected chi connectivity index (χ2v) is 10.2.